The summed E-state index contributed by atoms with van der Waals surface area (Å²) in [5.74, 6) is 0.0217. The van der Waals surface area contributed by atoms with Gasteiger partial charge in [0.2, 0.25) is 5.91 Å². The number of nitrogens with one attached hydrogen (secondary N) is 1. The molecule has 0 bridgehead atoms. The second-order valence-corrected chi connectivity index (χ2v) is 5.67. The van der Waals surface area contributed by atoms with Crippen molar-refractivity contribution in [2.45, 2.75) is 32.0 Å². The monoisotopic (exact) mass is 299 g/mol. The Bertz CT molecular complexity index is 584. The number of piperidine rings is 1. The third kappa shape index (κ3) is 4.14. The van der Waals surface area contributed by atoms with Gasteiger partial charge in [0.1, 0.15) is 6.54 Å². The number of hydrogen-bond donors (Lipinski definition) is 1. The molecule has 22 heavy (non-hydrogen) atoms. The lowest BCUT2D eigenvalue weighted by Gasteiger charge is -2.32. The Labute approximate surface area is 130 Å². The number of carbonyl (C=O) groups is 1. The minimum Gasteiger partial charge on any atom is -0.350 e. The van der Waals surface area contributed by atoms with Gasteiger partial charge >= 0.3 is 0 Å². The molecule has 1 atom stereocenters. The van der Waals surface area contributed by atoms with Gasteiger partial charge in [-0.3, -0.25) is 19.4 Å². The molecule has 6 heteroatoms. The first-order chi connectivity index (χ1) is 10.8. The zero-order valence-corrected chi connectivity index (χ0v) is 12.6. The Kier molecular flexibility index (Phi) is 4.80. The van der Waals surface area contributed by atoms with Crippen molar-refractivity contribution in [3.63, 3.8) is 0 Å². The summed E-state index contributed by atoms with van der Waals surface area (Å²) in [6.07, 6.45) is 7.43. The smallest absolute Gasteiger partial charge is 0.241 e. The van der Waals surface area contributed by atoms with Crippen LogP contribution < -0.4 is 5.32 Å². The molecule has 3 heterocycles. The summed E-state index contributed by atoms with van der Waals surface area (Å²) in [6.45, 7) is 3.06. The Balaban J connectivity index is 1.49. The average molecular weight is 299 g/mol. The summed E-state index contributed by atoms with van der Waals surface area (Å²) >= 11 is 0. The van der Waals surface area contributed by atoms with E-state index in [0.717, 1.165) is 38.2 Å². The molecule has 1 fully saturated rings. The van der Waals surface area contributed by atoms with Crippen molar-refractivity contribution in [1.82, 2.24) is 25.0 Å². The molecule has 2 aromatic rings. The molecule has 0 aliphatic carbocycles. The highest BCUT2D eigenvalue weighted by Crippen LogP contribution is 2.12. The molecule has 1 aliphatic rings. The number of hydrogen-bond acceptors (Lipinski definition) is 4. The number of rotatable bonds is 5. The highest BCUT2D eigenvalue weighted by molar-refractivity contribution is 5.75. The summed E-state index contributed by atoms with van der Waals surface area (Å²) in [5, 5.41) is 7.17. The van der Waals surface area contributed by atoms with Crippen molar-refractivity contribution in [1.29, 1.82) is 0 Å². The lowest BCUT2D eigenvalue weighted by atomic mass is 10.1. The highest BCUT2D eigenvalue weighted by Gasteiger charge is 2.21. The Morgan fingerprint density at radius 3 is 3.05 bits per heavy atom. The highest BCUT2D eigenvalue weighted by atomic mass is 16.2. The first kappa shape index (κ1) is 14.7. The fraction of sp³-hybridized carbons (Fsp3) is 0.438. The van der Waals surface area contributed by atoms with Crippen molar-refractivity contribution in [2.75, 3.05) is 13.1 Å². The van der Waals surface area contributed by atoms with Crippen molar-refractivity contribution in [3.05, 3.63) is 48.5 Å². The van der Waals surface area contributed by atoms with Crippen LogP contribution in [-0.4, -0.2) is 44.7 Å². The molecule has 2 aromatic heterocycles. The van der Waals surface area contributed by atoms with Crippen LogP contribution in [0.15, 0.2) is 42.9 Å². The van der Waals surface area contributed by atoms with Crippen LogP contribution in [0.25, 0.3) is 0 Å². The van der Waals surface area contributed by atoms with Crippen LogP contribution >= 0.6 is 0 Å². The molecule has 116 valence electrons. The predicted octanol–water partition coefficient (Wildman–Crippen LogP) is 1.06. The second kappa shape index (κ2) is 7.17. The Hall–Kier alpha value is -2.21. The lowest BCUT2D eigenvalue weighted by Crippen LogP contribution is -2.48. The van der Waals surface area contributed by atoms with Crippen LogP contribution in [0.1, 0.15) is 18.5 Å². The van der Waals surface area contributed by atoms with Gasteiger partial charge in [-0.2, -0.15) is 5.10 Å². The third-order valence-corrected chi connectivity index (χ3v) is 3.85. The summed E-state index contributed by atoms with van der Waals surface area (Å²) in [4.78, 5) is 18.8. The van der Waals surface area contributed by atoms with E-state index in [-0.39, 0.29) is 18.5 Å². The lowest BCUT2D eigenvalue weighted by molar-refractivity contribution is -0.122. The van der Waals surface area contributed by atoms with E-state index in [2.05, 4.69) is 20.3 Å². The number of carbonyl (C=O) groups excluding carboxylic acids is 1. The van der Waals surface area contributed by atoms with Gasteiger partial charge in [-0.05, 0) is 37.6 Å². The van der Waals surface area contributed by atoms with E-state index in [0.29, 0.717) is 0 Å². The summed E-state index contributed by atoms with van der Waals surface area (Å²) in [5.41, 5.74) is 1.08. The summed E-state index contributed by atoms with van der Waals surface area (Å²) in [6, 6.07) is 8.01. The molecule has 6 nitrogen and oxygen atoms in total. The van der Waals surface area contributed by atoms with Crippen LogP contribution in [0.3, 0.4) is 0 Å². The molecular formula is C16H21N5O. The van der Waals surface area contributed by atoms with Gasteiger partial charge in [-0.15, -0.1) is 0 Å². The minimum absolute atomic E-state index is 0.0217. The van der Waals surface area contributed by atoms with Gasteiger partial charge < -0.3 is 5.32 Å². The zero-order valence-electron chi connectivity index (χ0n) is 12.6. The van der Waals surface area contributed by atoms with Gasteiger partial charge in [-0.25, -0.2) is 0 Å². The molecule has 0 saturated carbocycles. The quantitative estimate of drug-likeness (QED) is 0.896. The number of pyridine rings is 1. The van der Waals surface area contributed by atoms with Gasteiger partial charge in [0.05, 0.1) is 5.69 Å². The number of amides is 1. The largest absolute Gasteiger partial charge is 0.350 e. The van der Waals surface area contributed by atoms with Crippen LogP contribution in [0.4, 0.5) is 0 Å². The second-order valence-electron chi connectivity index (χ2n) is 5.67. The van der Waals surface area contributed by atoms with Gasteiger partial charge in [-0.1, -0.05) is 6.07 Å². The number of likely N-dealkylation sites (tertiary alicyclic amines) is 1. The number of nitrogens with zero attached hydrogens (tertiary/aromatic N) is 4. The van der Waals surface area contributed by atoms with Gasteiger partial charge in [0, 0.05) is 37.7 Å². The SMILES string of the molecule is O=C(Cn1cccn1)N[C@@H]1CCCN(Cc2ccccn2)C1. The van der Waals surface area contributed by atoms with E-state index in [1.54, 1.807) is 17.1 Å². The molecule has 1 aliphatic heterocycles. The Morgan fingerprint density at radius 1 is 1.32 bits per heavy atom. The fourth-order valence-electron chi connectivity index (χ4n) is 2.85. The van der Waals surface area contributed by atoms with E-state index >= 15 is 0 Å². The maximum Gasteiger partial charge on any atom is 0.241 e. The fourth-order valence-corrected chi connectivity index (χ4v) is 2.85. The van der Waals surface area contributed by atoms with Crippen LogP contribution in [-0.2, 0) is 17.9 Å². The Morgan fingerprint density at radius 2 is 2.27 bits per heavy atom. The summed E-state index contributed by atoms with van der Waals surface area (Å²) < 4.78 is 1.64. The average Bonchev–Trinajstić information content (AvgIpc) is 3.01. The van der Waals surface area contributed by atoms with Crippen molar-refractivity contribution >= 4 is 5.91 Å². The van der Waals surface area contributed by atoms with Crippen LogP contribution in [0, 0.1) is 0 Å². The van der Waals surface area contributed by atoms with E-state index in [4.69, 9.17) is 0 Å². The zero-order chi connectivity index (χ0) is 15.2. The third-order valence-electron chi connectivity index (χ3n) is 3.85. The van der Waals surface area contributed by atoms with Crippen molar-refractivity contribution in [2.24, 2.45) is 0 Å². The normalized spacial score (nSPS) is 19.0. The topological polar surface area (TPSA) is 63.1 Å². The van der Waals surface area contributed by atoms with E-state index < -0.39 is 0 Å². The molecular weight excluding hydrogens is 278 g/mol. The molecule has 0 spiro atoms. The number of aromatic nitrogens is 3. The van der Waals surface area contributed by atoms with Crippen LogP contribution in [0.5, 0.6) is 0 Å². The van der Waals surface area contributed by atoms with Crippen molar-refractivity contribution in [3.8, 4) is 0 Å². The standard InChI is InChI=1S/C16H21N5O/c22-16(13-21-10-4-8-18-21)19-15-6-3-9-20(12-15)11-14-5-1-2-7-17-14/h1-2,4-5,7-8,10,15H,3,6,9,11-13H2,(H,19,22)/t15-/m1/s1. The molecule has 3 rings (SSSR count). The van der Waals surface area contributed by atoms with E-state index in [1.807, 2.05) is 30.5 Å². The van der Waals surface area contributed by atoms with E-state index in [1.165, 1.54) is 0 Å². The minimum atomic E-state index is 0.0217. The van der Waals surface area contributed by atoms with Gasteiger partial charge in [0.25, 0.3) is 0 Å². The van der Waals surface area contributed by atoms with E-state index in [9.17, 15) is 4.79 Å². The summed E-state index contributed by atoms with van der Waals surface area (Å²) in [7, 11) is 0. The van der Waals surface area contributed by atoms with Crippen molar-refractivity contribution < 1.29 is 4.79 Å². The van der Waals surface area contributed by atoms with Crippen LogP contribution in [0.2, 0.25) is 0 Å². The molecule has 0 unspecified atom stereocenters. The maximum atomic E-state index is 12.0. The van der Waals surface area contributed by atoms with Gasteiger partial charge in [0.15, 0.2) is 0 Å². The molecule has 0 radical (unpaired) electrons. The predicted molar refractivity (Wildman–Crippen MR) is 82.9 cm³/mol. The first-order valence-electron chi connectivity index (χ1n) is 7.68. The molecule has 1 amide bonds. The molecule has 1 N–H and O–H groups in total. The molecule has 0 aromatic carbocycles. The maximum absolute atomic E-state index is 12.0. The first-order valence-corrected chi connectivity index (χ1v) is 7.68. The molecule has 1 saturated heterocycles.